The van der Waals surface area contributed by atoms with Crippen molar-refractivity contribution in [2.75, 3.05) is 31.6 Å². The molecule has 2 amide bonds. The molecule has 0 bridgehead atoms. The van der Waals surface area contributed by atoms with Gasteiger partial charge in [-0.3, -0.25) is 19.3 Å². The molecular formula is C15H16N2O5. The number of hydrogen-bond donors (Lipinski definition) is 0. The third-order valence-corrected chi connectivity index (χ3v) is 3.35. The lowest BCUT2D eigenvalue weighted by molar-refractivity contribution is -0.143. The van der Waals surface area contributed by atoms with E-state index >= 15 is 0 Å². The zero-order chi connectivity index (χ0) is 16.3. The van der Waals surface area contributed by atoms with Crippen molar-refractivity contribution < 1.29 is 23.9 Å². The Labute approximate surface area is 127 Å². The average Bonchev–Trinajstić information content (AvgIpc) is 2.51. The summed E-state index contributed by atoms with van der Waals surface area (Å²) in [5, 5.41) is 0. The van der Waals surface area contributed by atoms with Crippen LogP contribution in [0.3, 0.4) is 0 Å². The van der Waals surface area contributed by atoms with Crippen molar-refractivity contribution in [2.24, 2.45) is 0 Å². The van der Waals surface area contributed by atoms with Crippen LogP contribution in [-0.2, 0) is 19.1 Å². The molecule has 1 aliphatic rings. The Hall–Kier alpha value is -2.70. The number of para-hydroxylation sites is 1. The highest BCUT2D eigenvalue weighted by Gasteiger charge is 2.31. The van der Waals surface area contributed by atoms with Crippen molar-refractivity contribution in [1.82, 2.24) is 4.90 Å². The van der Waals surface area contributed by atoms with E-state index in [1.807, 2.05) is 0 Å². The van der Waals surface area contributed by atoms with Crippen LogP contribution >= 0.6 is 0 Å². The van der Waals surface area contributed by atoms with E-state index in [9.17, 15) is 19.2 Å². The van der Waals surface area contributed by atoms with Gasteiger partial charge in [0.2, 0.25) is 11.8 Å². The Morgan fingerprint density at radius 1 is 1.14 bits per heavy atom. The van der Waals surface area contributed by atoms with Gasteiger partial charge in [0.15, 0.2) is 0 Å². The van der Waals surface area contributed by atoms with Crippen LogP contribution in [0.5, 0.6) is 0 Å². The minimum atomic E-state index is -0.957. The number of Topliss-reactive ketones (excluding diaryl/α,β-unsaturated/α-hetero) is 1. The molecule has 116 valence electrons. The number of amides is 2. The molecule has 0 aliphatic carbocycles. The number of benzene rings is 1. The quantitative estimate of drug-likeness (QED) is 0.343. The molecule has 1 fully saturated rings. The Bertz CT molecular complexity index is 623. The van der Waals surface area contributed by atoms with Gasteiger partial charge in [-0.1, -0.05) is 12.1 Å². The summed E-state index contributed by atoms with van der Waals surface area (Å²) in [7, 11) is 1.41. The number of imide groups is 1. The first-order valence-corrected chi connectivity index (χ1v) is 6.80. The number of likely N-dealkylation sites (N-methyl/N-ethyl adjacent to an activating group) is 1. The Kier molecular flexibility index (Phi) is 4.55. The maximum atomic E-state index is 12.1. The predicted octanol–water partition coefficient (Wildman–Crippen LogP) is 0.237. The predicted molar refractivity (Wildman–Crippen MR) is 77.4 cm³/mol. The first-order chi connectivity index (χ1) is 10.5. The first kappa shape index (κ1) is 15.7. The van der Waals surface area contributed by atoms with Crippen LogP contribution in [0.15, 0.2) is 24.3 Å². The standard InChI is InChI=1S/C15H16N2O5/c1-3-22-15(21)14(20)10-6-4-5-7-11(10)17-8-12(18)16(2)13(19)9-17/h4-7H,3,8-9H2,1-2H3. The molecule has 1 saturated heterocycles. The number of esters is 1. The molecule has 2 rings (SSSR count). The van der Waals surface area contributed by atoms with Crippen molar-refractivity contribution in [3.63, 3.8) is 0 Å². The van der Waals surface area contributed by atoms with E-state index in [0.717, 1.165) is 4.90 Å². The summed E-state index contributed by atoms with van der Waals surface area (Å²) in [4.78, 5) is 49.9. The summed E-state index contributed by atoms with van der Waals surface area (Å²) in [6.07, 6.45) is 0. The molecule has 0 spiro atoms. The smallest absolute Gasteiger partial charge is 0.379 e. The molecule has 22 heavy (non-hydrogen) atoms. The minimum absolute atomic E-state index is 0.0324. The number of nitrogens with zero attached hydrogens (tertiary/aromatic N) is 2. The number of anilines is 1. The second-order valence-electron chi connectivity index (χ2n) is 4.77. The maximum absolute atomic E-state index is 12.1. The first-order valence-electron chi connectivity index (χ1n) is 6.80. The van der Waals surface area contributed by atoms with E-state index in [0.29, 0.717) is 5.69 Å². The summed E-state index contributed by atoms with van der Waals surface area (Å²) in [6, 6.07) is 6.35. The molecule has 7 heteroatoms. The summed E-state index contributed by atoms with van der Waals surface area (Å²) < 4.78 is 4.71. The number of rotatable bonds is 4. The van der Waals surface area contributed by atoms with Crippen molar-refractivity contribution >= 4 is 29.3 Å². The summed E-state index contributed by atoms with van der Waals surface area (Å²) in [5.41, 5.74) is 0.487. The SMILES string of the molecule is CCOC(=O)C(=O)c1ccccc1N1CC(=O)N(C)C(=O)C1. The number of ether oxygens (including phenoxy) is 1. The lowest BCUT2D eigenvalue weighted by Gasteiger charge is -2.32. The zero-order valence-corrected chi connectivity index (χ0v) is 12.4. The fourth-order valence-electron chi connectivity index (χ4n) is 2.15. The molecular weight excluding hydrogens is 288 g/mol. The summed E-state index contributed by atoms with van der Waals surface area (Å²) in [6.45, 7) is 1.64. The molecule has 1 heterocycles. The zero-order valence-electron chi connectivity index (χ0n) is 12.4. The summed E-state index contributed by atoms with van der Waals surface area (Å²) >= 11 is 0. The molecule has 0 aromatic heterocycles. The van der Waals surface area contributed by atoms with E-state index < -0.39 is 11.8 Å². The number of hydrogen-bond acceptors (Lipinski definition) is 6. The van der Waals surface area contributed by atoms with Gasteiger partial charge in [-0.2, -0.15) is 0 Å². The second kappa shape index (κ2) is 6.38. The van der Waals surface area contributed by atoms with Crippen molar-refractivity contribution in [1.29, 1.82) is 0 Å². The molecule has 0 atom stereocenters. The fourth-order valence-corrected chi connectivity index (χ4v) is 2.15. The highest BCUT2D eigenvalue weighted by atomic mass is 16.5. The van der Waals surface area contributed by atoms with Gasteiger partial charge in [-0.25, -0.2) is 4.79 Å². The molecule has 7 nitrogen and oxygen atoms in total. The monoisotopic (exact) mass is 304 g/mol. The van der Waals surface area contributed by atoms with Crippen LogP contribution in [0.25, 0.3) is 0 Å². The number of piperazine rings is 1. The largest absolute Gasteiger partial charge is 0.460 e. The summed E-state index contributed by atoms with van der Waals surface area (Å²) in [5.74, 6) is -2.48. The van der Waals surface area contributed by atoms with Gasteiger partial charge in [0, 0.05) is 12.7 Å². The topological polar surface area (TPSA) is 84.0 Å². The van der Waals surface area contributed by atoms with E-state index in [4.69, 9.17) is 4.74 Å². The lowest BCUT2D eigenvalue weighted by Crippen LogP contribution is -2.52. The molecule has 0 N–H and O–H groups in total. The van der Waals surface area contributed by atoms with Crippen molar-refractivity contribution in [2.45, 2.75) is 6.92 Å². The molecule has 1 aromatic rings. The van der Waals surface area contributed by atoms with Crippen LogP contribution in [0.2, 0.25) is 0 Å². The van der Waals surface area contributed by atoms with Crippen molar-refractivity contribution in [3.8, 4) is 0 Å². The number of ketones is 1. The van der Waals surface area contributed by atoms with Crippen LogP contribution in [0.4, 0.5) is 5.69 Å². The molecule has 0 radical (unpaired) electrons. The third kappa shape index (κ3) is 2.98. The minimum Gasteiger partial charge on any atom is -0.460 e. The molecule has 0 saturated carbocycles. The van der Waals surface area contributed by atoms with E-state index in [2.05, 4.69) is 0 Å². The highest BCUT2D eigenvalue weighted by Crippen LogP contribution is 2.23. The van der Waals surface area contributed by atoms with Gasteiger partial charge < -0.3 is 9.64 Å². The van der Waals surface area contributed by atoms with Gasteiger partial charge in [0.1, 0.15) is 0 Å². The van der Waals surface area contributed by atoms with Crippen molar-refractivity contribution in [3.05, 3.63) is 29.8 Å². The average molecular weight is 304 g/mol. The van der Waals surface area contributed by atoms with Gasteiger partial charge in [-0.05, 0) is 19.1 Å². The molecule has 1 aliphatic heterocycles. The van der Waals surface area contributed by atoms with Crippen LogP contribution in [0, 0.1) is 0 Å². The van der Waals surface area contributed by atoms with Gasteiger partial charge in [-0.15, -0.1) is 0 Å². The third-order valence-electron chi connectivity index (χ3n) is 3.35. The highest BCUT2D eigenvalue weighted by molar-refractivity contribution is 6.42. The number of carbonyl (C=O) groups excluding carboxylic acids is 4. The number of carbonyl (C=O) groups is 4. The van der Waals surface area contributed by atoms with Crippen LogP contribution in [0.1, 0.15) is 17.3 Å². The Morgan fingerprint density at radius 3 is 2.32 bits per heavy atom. The maximum Gasteiger partial charge on any atom is 0.379 e. The molecule has 1 aromatic carbocycles. The van der Waals surface area contributed by atoms with Gasteiger partial charge in [0.25, 0.3) is 5.78 Å². The Balaban J connectivity index is 2.33. The van der Waals surface area contributed by atoms with E-state index in [-0.39, 0.29) is 37.1 Å². The fraction of sp³-hybridized carbons (Fsp3) is 0.333. The van der Waals surface area contributed by atoms with Gasteiger partial charge in [0.05, 0.1) is 25.3 Å². The van der Waals surface area contributed by atoms with Crippen LogP contribution in [-0.4, -0.2) is 55.2 Å². The lowest BCUT2D eigenvalue weighted by atomic mass is 10.1. The van der Waals surface area contributed by atoms with Crippen LogP contribution < -0.4 is 4.90 Å². The van der Waals surface area contributed by atoms with E-state index in [1.165, 1.54) is 18.0 Å². The van der Waals surface area contributed by atoms with E-state index in [1.54, 1.807) is 25.1 Å². The second-order valence-corrected chi connectivity index (χ2v) is 4.77. The van der Waals surface area contributed by atoms with Gasteiger partial charge >= 0.3 is 5.97 Å². The Morgan fingerprint density at radius 2 is 1.73 bits per heavy atom. The molecule has 0 unspecified atom stereocenters. The normalized spacial score (nSPS) is 15.0.